The second-order valence-electron chi connectivity index (χ2n) is 3.27. The molecule has 0 radical (unpaired) electrons. The Balaban J connectivity index is 3.34. The van der Waals surface area contributed by atoms with E-state index in [1.807, 2.05) is 0 Å². The molecule has 0 aliphatic rings. The maximum atomic E-state index is 13.7. The molecule has 88 valence electrons. The summed E-state index contributed by atoms with van der Waals surface area (Å²) in [5, 5.41) is 0. The van der Waals surface area contributed by atoms with E-state index in [-0.39, 0.29) is 17.8 Å². The summed E-state index contributed by atoms with van der Waals surface area (Å²) >= 11 is 3.22. The van der Waals surface area contributed by atoms with Crippen molar-refractivity contribution in [3.8, 4) is 11.5 Å². The minimum Gasteiger partial charge on any atom is -0.493 e. The molecule has 0 amide bonds. The molecule has 0 saturated heterocycles. The van der Waals surface area contributed by atoms with E-state index in [9.17, 15) is 9.18 Å². The predicted molar refractivity (Wildman–Crippen MR) is 61.6 cm³/mol. The molecule has 0 N–H and O–H groups in total. The van der Waals surface area contributed by atoms with Crippen molar-refractivity contribution in [3.63, 3.8) is 0 Å². The summed E-state index contributed by atoms with van der Waals surface area (Å²) in [7, 11) is 2.88. The van der Waals surface area contributed by atoms with Crippen molar-refractivity contribution in [2.24, 2.45) is 0 Å². The van der Waals surface area contributed by atoms with E-state index in [1.54, 1.807) is 0 Å². The number of Topliss-reactive ketones (excluding diaryl/α,β-unsaturated/α-hetero) is 1. The van der Waals surface area contributed by atoms with Crippen molar-refractivity contribution < 1.29 is 18.7 Å². The molecule has 5 heteroatoms. The van der Waals surface area contributed by atoms with E-state index < -0.39 is 5.82 Å². The molecule has 1 aromatic rings. The second-order valence-corrected chi connectivity index (χ2v) is 4.06. The number of ketones is 1. The number of hydrogen-bond acceptors (Lipinski definition) is 3. The van der Waals surface area contributed by atoms with Crippen LogP contribution in [0.1, 0.15) is 12.5 Å². The van der Waals surface area contributed by atoms with Crippen LogP contribution in [0.4, 0.5) is 4.39 Å². The first kappa shape index (κ1) is 13.0. The third kappa shape index (κ3) is 2.52. The lowest BCUT2D eigenvalue weighted by molar-refractivity contribution is -0.116. The van der Waals surface area contributed by atoms with Gasteiger partial charge in [0.05, 0.1) is 18.7 Å². The van der Waals surface area contributed by atoms with Crippen LogP contribution in [0.2, 0.25) is 0 Å². The Hall–Kier alpha value is -1.10. The van der Waals surface area contributed by atoms with Gasteiger partial charge in [-0.2, -0.15) is 0 Å². The zero-order valence-electron chi connectivity index (χ0n) is 9.27. The van der Waals surface area contributed by atoms with Crippen molar-refractivity contribution >= 4 is 21.7 Å². The standard InChI is InChI=1S/C11H12BrFO3/c1-6(14)4-7-8(13)5-9(15-2)11(16-3)10(7)12/h5H,4H2,1-3H3. The summed E-state index contributed by atoms with van der Waals surface area (Å²) in [5.74, 6) is 0.0749. The number of methoxy groups -OCH3 is 2. The van der Waals surface area contributed by atoms with Crippen LogP contribution in [0.25, 0.3) is 0 Å². The van der Waals surface area contributed by atoms with Crippen LogP contribution >= 0.6 is 15.9 Å². The maximum absolute atomic E-state index is 13.7. The van der Waals surface area contributed by atoms with Crippen LogP contribution in [0.3, 0.4) is 0 Å². The minimum atomic E-state index is -0.486. The number of rotatable bonds is 4. The van der Waals surface area contributed by atoms with Crippen molar-refractivity contribution in [1.29, 1.82) is 0 Å². The second kappa shape index (κ2) is 5.30. The smallest absolute Gasteiger partial charge is 0.175 e. The van der Waals surface area contributed by atoms with Crippen LogP contribution in [-0.2, 0) is 11.2 Å². The van der Waals surface area contributed by atoms with Gasteiger partial charge in [-0.25, -0.2) is 4.39 Å². The lowest BCUT2D eigenvalue weighted by Gasteiger charge is -2.13. The van der Waals surface area contributed by atoms with Gasteiger partial charge in [-0.1, -0.05) is 0 Å². The van der Waals surface area contributed by atoms with Gasteiger partial charge in [0.1, 0.15) is 11.6 Å². The summed E-state index contributed by atoms with van der Waals surface area (Å²) < 4.78 is 24.1. The number of ether oxygens (including phenoxy) is 2. The molecule has 0 unspecified atom stereocenters. The average molecular weight is 291 g/mol. The van der Waals surface area contributed by atoms with Crippen molar-refractivity contribution in [2.45, 2.75) is 13.3 Å². The summed E-state index contributed by atoms with van der Waals surface area (Å²) in [6.07, 6.45) is 0.0206. The SMILES string of the molecule is COc1cc(F)c(CC(C)=O)c(Br)c1OC. The maximum Gasteiger partial charge on any atom is 0.175 e. The summed E-state index contributed by atoms with van der Waals surface area (Å²) in [5.41, 5.74) is 0.283. The lowest BCUT2D eigenvalue weighted by Crippen LogP contribution is -2.03. The van der Waals surface area contributed by atoms with Gasteiger partial charge >= 0.3 is 0 Å². The third-order valence-corrected chi connectivity index (χ3v) is 2.92. The van der Waals surface area contributed by atoms with Gasteiger partial charge < -0.3 is 9.47 Å². The molecule has 0 bridgehead atoms. The molecule has 1 rings (SSSR count). The third-order valence-electron chi connectivity index (χ3n) is 2.08. The zero-order valence-corrected chi connectivity index (χ0v) is 10.9. The van der Waals surface area contributed by atoms with E-state index >= 15 is 0 Å². The Morgan fingerprint density at radius 3 is 2.50 bits per heavy atom. The highest BCUT2D eigenvalue weighted by Gasteiger charge is 2.18. The van der Waals surface area contributed by atoms with E-state index in [1.165, 1.54) is 27.2 Å². The monoisotopic (exact) mass is 290 g/mol. The predicted octanol–water partition coefficient (Wildman–Crippen LogP) is 2.74. The van der Waals surface area contributed by atoms with Gasteiger partial charge in [0.25, 0.3) is 0 Å². The molecule has 0 aliphatic heterocycles. The molecule has 0 fully saturated rings. The summed E-state index contributed by atoms with van der Waals surface area (Å²) in [6.45, 7) is 1.41. The molecule has 0 aliphatic carbocycles. The molecule has 0 atom stereocenters. The molecule has 0 saturated carbocycles. The first-order valence-electron chi connectivity index (χ1n) is 4.59. The summed E-state index contributed by atoms with van der Waals surface area (Å²) in [6, 6.07) is 1.21. The largest absolute Gasteiger partial charge is 0.493 e. The fraction of sp³-hybridized carbons (Fsp3) is 0.364. The Bertz CT molecular complexity index is 418. The molecule has 16 heavy (non-hydrogen) atoms. The highest BCUT2D eigenvalue weighted by Crippen LogP contribution is 2.39. The molecular weight excluding hydrogens is 279 g/mol. The minimum absolute atomic E-state index is 0.0206. The number of hydrogen-bond donors (Lipinski definition) is 0. The Morgan fingerprint density at radius 1 is 1.44 bits per heavy atom. The average Bonchev–Trinajstić information content (AvgIpc) is 2.23. The zero-order chi connectivity index (χ0) is 12.3. The van der Waals surface area contributed by atoms with Gasteiger partial charge in [0.15, 0.2) is 11.5 Å². The van der Waals surface area contributed by atoms with Crippen LogP contribution < -0.4 is 9.47 Å². The van der Waals surface area contributed by atoms with Crippen LogP contribution in [0, 0.1) is 5.82 Å². The van der Waals surface area contributed by atoms with E-state index in [0.29, 0.717) is 16.0 Å². The highest BCUT2D eigenvalue weighted by atomic mass is 79.9. The Labute approximate surface area is 102 Å². The van der Waals surface area contributed by atoms with Gasteiger partial charge in [0, 0.05) is 18.1 Å². The van der Waals surface area contributed by atoms with Crippen LogP contribution in [0.15, 0.2) is 10.5 Å². The molecular formula is C11H12BrFO3. The topological polar surface area (TPSA) is 35.5 Å². The van der Waals surface area contributed by atoms with Gasteiger partial charge in [-0.15, -0.1) is 0 Å². The van der Waals surface area contributed by atoms with Gasteiger partial charge in [0.2, 0.25) is 0 Å². The number of benzene rings is 1. The quantitative estimate of drug-likeness (QED) is 0.855. The molecule has 0 spiro atoms. The van der Waals surface area contributed by atoms with Gasteiger partial charge in [-0.3, -0.25) is 4.79 Å². The van der Waals surface area contributed by atoms with Gasteiger partial charge in [-0.05, 0) is 22.9 Å². The molecule has 0 heterocycles. The summed E-state index contributed by atoms with van der Waals surface area (Å²) in [4.78, 5) is 11.0. The fourth-order valence-corrected chi connectivity index (χ4v) is 2.06. The normalized spacial score (nSPS) is 10.1. The van der Waals surface area contributed by atoms with E-state index in [0.717, 1.165) is 0 Å². The van der Waals surface area contributed by atoms with Crippen LogP contribution in [0.5, 0.6) is 11.5 Å². The molecule has 0 aromatic heterocycles. The number of carbonyl (C=O) groups excluding carboxylic acids is 1. The highest BCUT2D eigenvalue weighted by molar-refractivity contribution is 9.10. The number of carbonyl (C=O) groups is 1. The van der Waals surface area contributed by atoms with Crippen molar-refractivity contribution in [3.05, 3.63) is 21.9 Å². The molecule has 1 aromatic carbocycles. The lowest BCUT2D eigenvalue weighted by atomic mass is 10.1. The first-order valence-corrected chi connectivity index (χ1v) is 5.38. The molecule has 3 nitrogen and oxygen atoms in total. The number of halogens is 2. The first-order chi connectivity index (χ1) is 7.51. The van der Waals surface area contributed by atoms with E-state index in [2.05, 4.69) is 15.9 Å². The van der Waals surface area contributed by atoms with Crippen molar-refractivity contribution in [1.82, 2.24) is 0 Å². The van der Waals surface area contributed by atoms with E-state index in [4.69, 9.17) is 9.47 Å². The fourth-order valence-electron chi connectivity index (χ4n) is 1.37. The Morgan fingerprint density at radius 2 is 2.06 bits per heavy atom. The Kier molecular flexibility index (Phi) is 4.29. The van der Waals surface area contributed by atoms with Crippen molar-refractivity contribution in [2.75, 3.05) is 14.2 Å². The van der Waals surface area contributed by atoms with Crippen LogP contribution in [-0.4, -0.2) is 20.0 Å².